The van der Waals surface area contributed by atoms with Crippen molar-refractivity contribution in [2.45, 2.75) is 70.7 Å². The minimum atomic E-state index is -0.914. The maximum absolute atomic E-state index is 13.5. The van der Waals surface area contributed by atoms with E-state index in [2.05, 4.69) is 22.1 Å². The van der Waals surface area contributed by atoms with Crippen LogP contribution < -0.4 is 10.1 Å². The largest absolute Gasteiger partial charge is 0.439 e. The van der Waals surface area contributed by atoms with E-state index in [-0.39, 0.29) is 42.5 Å². The molecule has 4 rings (SSSR count). The second-order valence-corrected chi connectivity index (χ2v) is 10.6. The summed E-state index contributed by atoms with van der Waals surface area (Å²) in [4.78, 5) is 46.2. The number of benzene rings is 1. The number of amides is 2. The van der Waals surface area contributed by atoms with Gasteiger partial charge < -0.3 is 20.1 Å². The van der Waals surface area contributed by atoms with Gasteiger partial charge in [-0.25, -0.2) is 4.98 Å². The molecule has 9 nitrogen and oxygen atoms in total. The summed E-state index contributed by atoms with van der Waals surface area (Å²) in [5, 5.41) is 13.5. The van der Waals surface area contributed by atoms with Crippen molar-refractivity contribution in [3.8, 4) is 11.6 Å². The zero-order valence-electron chi connectivity index (χ0n) is 23.2. The molecule has 0 saturated carbocycles. The molecule has 2 N–H and O–H groups in total. The Balaban J connectivity index is 0.00000280. The highest BCUT2D eigenvalue weighted by Gasteiger charge is 2.54. The Morgan fingerprint density at radius 3 is 2.35 bits per heavy atom. The van der Waals surface area contributed by atoms with E-state index in [4.69, 9.17) is 4.74 Å². The summed E-state index contributed by atoms with van der Waals surface area (Å²) in [5.74, 6) is 0.609. The lowest BCUT2D eigenvalue weighted by Gasteiger charge is -2.52. The van der Waals surface area contributed by atoms with Crippen LogP contribution in [-0.4, -0.2) is 75.3 Å². The number of nitrogens with one attached hydrogen (secondary N) is 1. The van der Waals surface area contributed by atoms with Crippen molar-refractivity contribution >= 4 is 42.9 Å². The average Bonchev–Trinajstić information content (AvgIpc) is 2.93. The molecule has 0 unspecified atom stereocenters. The van der Waals surface area contributed by atoms with Crippen LogP contribution in [0.5, 0.6) is 11.6 Å². The Bertz CT molecular complexity index is 1120. The van der Waals surface area contributed by atoms with Crippen LogP contribution >= 0.6 is 24.8 Å². The fraction of sp³-hybridized carbons (Fsp3) is 0.517. The number of pyridine rings is 1. The van der Waals surface area contributed by atoms with Crippen molar-refractivity contribution in [3.63, 3.8) is 0 Å². The number of aromatic nitrogens is 1. The fourth-order valence-corrected chi connectivity index (χ4v) is 5.23. The van der Waals surface area contributed by atoms with Crippen LogP contribution in [0.4, 0.5) is 0 Å². The number of rotatable bonds is 10. The second kappa shape index (κ2) is 14.8. The molecule has 1 aromatic carbocycles. The van der Waals surface area contributed by atoms with Crippen molar-refractivity contribution in [3.05, 3.63) is 53.7 Å². The number of unbranched alkanes of at least 4 members (excludes halogenated alkanes) is 1. The van der Waals surface area contributed by atoms with Gasteiger partial charge in [-0.05, 0) is 55.0 Å². The van der Waals surface area contributed by atoms with Crippen LogP contribution in [0.1, 0.15) is 62.4 Å². The topological polar surface area (TPSA) is 112 Å². The van der Waals surface area contributed by atoms with Crippen LogP contribution in [0.3, 0.4) is 0 Å². The van der Waals surface area contributed by atoms with Gasteiger partial charge in [-0.1, -0.05) is 33.3 Å². The van der Waals surface area contributed by atoms with Crippen LogP contribution in [0, 0.1) is 5.92 Å². The minimum absolute atomic E-state index is 0. The maximum atomic E-state index is 13.5. The number of piperazine rings is 1. The molecule has 0 radical (unpaired) electrons. The summed E-state index contributed by atoms with van der Waals surface area (Å²) in [6, 6.07) is 9.72. The summed E-state index contributed by atoms with van der Waals surface area (Å²) >= 11 is 0. The lowest BCUT2D eigenvalue weighted by molar-refractivity contribution is -0.165. The molecule has 1 spiro atoms. The third kappa shape index (κ3) is 7.32. The third-order valence-corrected chi connectivity index (χ3v) is 7.64. The molecule has 0 aliphatic carbocycles. The molecule has 2 aliphatic heterocycles. The summed E-state index contributed by atoms with van der Waals surface area (Å²) in [6.45, 7) is 8.30. The number of carbonyl (C=O) groups is 3. The highest BCUT2D eigenvalue weighted by Crippen LogP contribution is 2.35. The lowest BCUT2D eigenvalue weighted by atomic mass is 9.80. The van der Waals surface area contributed by atoms with E-state index >= 15 is 0 Å². The quantitative estimate of drug-likeness (QED) is 0.400. The number of hydrogen-bond donors (Lipinski definition) is 2. The van der Waals surface area contributed by atoms with Crippen LogP contribution in [-0.2, 0) is 16.1 Å². The number of hydrogen-bond acceptors (Lipinski definition) is 7. The average molecular weight is 596 g/mol. The van der Waals surface area contributed by atoms with Gasteiger partial charge in [0.1, 0.15) is 23.6 Å². The molecule has 1 aromatic heterocycles. The van der Waals surface area contributed by atoms with Gasteiger partial charge in [0.25, 0.3) is 0 Å². The van der Waals surface area contributed by atoms with Crippen LogP contribution in [0.25, 0.3) is 0 Å². The van der Waals surface area contributed by atoms with E-state index in [9.17, 15) is 19.5 Å². The van der Waals surface area contributed by atoms with E-state index in [0.717, 1.165) is 24.7 Å². The van der Waals surface area contributed by atoms with Gasteiger partial charge in [-0.3, -0.25) is 19.3 Å². The number of aliphatic hydroxyl groups is 1. The Morgan fingerprint density at radius 1 is 1.12 bits per heavy atom. The maximum Gasteiger partial charge on any atom is 0.248 e. The van der Waals surface area contributed by atoms with Gasteiger partial charge in [-0.2, -0.15) is 0 Å². The van der Waals surface area contributed by atoms with Crippen molar-refractivity contribution in [2.75, 3.05) is 19.6 Å². The Hall–Kier alpha value is -2.72. The fourth-order valence-electron chi connectivity index (χ4n) is 5.23. The van der Waals surface area contributed by atoms with Crippen LogP contribution in [0.15, 0.2) is 42.6 Å². The minimum Gasteiger partial charge on any atom is -0.439 e. The van der Waals surface area contributed by atoms with Gasteiger partial charge in [0.15, 0.2) is 0 Å². The zero-order chi connectivity index (χ0) is 27.3. The van der Waals surface area contributed by atoms with Crippen molar-refractivity contribution in [1.82, 2.24) is 20.1 Å². The molecule has 2 fully saturated rings. The SMILES string of the molecule is CCCCN1C(=O)[C@@H]([C@H](O)C(C)C)NC(=O)C12CCN(Cc1ccc(Oc3ccc(C=O)cc3)nc1)CC2.Cl.Cl. The molecule has 40 heavy (non-hydrogen) atoms. The van der Waals surface area contributed by atoms with E-state index in [1.165, 1.54) is 0 Å². The highest BCUT2D eigenvalue weighted by atomic mass is 35.5. The Kier molecular flexibility index (Phi) is 12.4. The molecular weight excluding hydrogens is 555 g/mol. The predicted octanol–water partition coefficient (Wildman–Crippen LogP) is 4.01. The molecular formula is C29H40Cl2N4O5. The Morgan fingerprint density at radius 2 is 1.80 bits per heavy atom. The molecule has 3 heterocycles. The molecule has 0 bridgehead atoms. The van der Waals surface area contributed by atoms with Gasteiger partial charge in [0, 0.05) is 44.0 Å². The van der Waals surface area contributed by atoms with E-state index in [0.29, 0.717) is 56.2 Å². The van der Waals surface area contributed by atoms with Gasteiger partial charge >= 0.3 is 0 Å². The summed E-state index contributed by atoms with van der Waals surface area (Å²) in [7, 11) is 0. The molecule has 2 aliphatic rings. The standard InChI is InChI=1S/C29H38N4O5.2ClH/c1-4-5-14-33-27(36)25(26(35)20(2)3)31-28(37)29(33)12-15-32(16-13-29)18-22-8-11-24(30-17-22)38-23-9-6-21(19-34)7-10-23;;/h6-11,17,19-20,25-26,35H,4-5,12-16,18H2,1-3H3,(H,31,37);2*1H/t25-,26-;;/m1../s1. The molecule has 11 heteroatoms. The first-order valence-electron chi connectivity index (χ1n) is 13.5. The number of ether oxygens (including phenoxy) is 1. The van der Waals surface area contributed by atoms with Gasteiger partial charge in [0.05, 0.1) is 6.10 Å². The molecule has 220 valence electrons. The van der Waals surface area contributed by atoms with Gasteiger partial charge in [0.2, 0.25) is 17.7 Å². The lowest BCUT2D eigenvalue weighted by Crippen LogP contribution is -2.74. The molecule has 2 aromatic rings. The number of carbonyl (C=O) groups excluding carboxylic acids is 3. The molecule has 2 atom stereocenters. The second-order valence-electron chi connectivity index (χ2n) is 10.6. The monoisotopic (exact) mass is 594 g/mol. The van der Waals surface area contributed by atoms with Gasteiger partial charge in [-0.15, -0.1) is 24.8 Å². The predicted molar refractivity (Wildman–Crippen MR) is 157 cm³/mol. The zero-order valence-corrected chi connectivity index (χ0v) is 24.9. The van der Waals surface area contributed by atoms with E-state index in [1.807, 2.05) is 26.0 Å². The first-order valence-corrected chi connectivity index (χ1v) is 13.5. The summed E-state index contributed by atoms with van der Waals surface area (Å²) < 4.78 is 5.76. The molecule has 2 amide bonds. The number of halogens is 2. The number of aliphatic hydroxyl groups excluding tert-OH is 1. The number of likely N-dealkylation sites (tertiary alicyclic amines) is 1. The Labute approximate surface area is 248 Å². The smallest absolute Gasteiger partial charge is 0.248 e. The first-order chi connectivity index (χ1) is 18.3. The van der Waals surface area contributed by atoms with Crippen LogP contribution in [0.2, 0.25) is 0 Å². The molecule has 2 saturated heterocycles. The summed E-state index contributed by atoms with van der Waals surface area (Å²) in [5.41, 5.74) is 0.739. The van der Waals surface area contributed by atoms with Crippen molar-refractivity contribution in [1.29, 1.82) is 0 Å². The van der Waals surface area contributed by atoms with E-state index in [1.54, 1.807) is 35.4 Å². The van der Waals surface area contributed by atoms with Crippen molar-refractivity contribution in [2.24, 2.45) is 5.92 Å². The number of nitrogens with zero attached hydrogens (tertiary/aromatic N) is 3. The highest BCUT2D eigenvalue weighted by molar-refractivity contribution is 6.00. The third-order valence-electron chi connectivity index (χ3n) is 7.64. The first kappa shape index (κ1) is 33.5. The number of piperidine rings is 1. The normalized spacial score (nSPS) is 19.4. The number of aldehydes is 1. The van der Waals surface area contributed by atoms with E-state index < -0.39 is 17.7 Å². The summed E-state index contributed by atoms with van der Waals surface area (Å²) in [6.07, 6.45) is 4.48. The van der Waals surface area contributed by atoms with Crippen molar-refractivity contribution < 1.29 is 24.2 Å².